The Morgan fingerprint density at radius 3 is 1.51 bits per heavy atom. The molecule has 0 aliphatic heterocycles. The van der Waals surface area contributed by atoms with E-state index in [-0.39, 0.29) is 38.1 Å². The van der Waals surface area contributed by atoms with Crippen LogP contribution in [0.1, 0.15) is 84.0 Å². The number of benzene rings is 2. The second-order valence-electron chi connectivity index (χ2n) is 17.0. The Hall–Kier alpha value is -6.67. The maximum atomic E-state index is 14.5. The third-order valence-electron chi connectivity index (χ3n) is 11.2. The minimum absolute atomic E-state index is 0.0370. The Bertz CT molecular complexity index is 2070. The highest BCUT2D eigenvalue weighted by Gasteiger charge is 2.36. The third kappa shape index (κ3) is 18.3. The largest absolute Gasteiger partial charge is 0.480 e. The van der Waals surface area contributed by atoms with E-state index in [0.29, 0.717) is 36.1 Å². The van der Waals surface area contributed by atoms with Gasteiger partial charge in [-0.05, 0) is 55.7 Å². The maximum absolute atomic E-state index is 14.5. The van der Waals surface area contributed by atoms with E-state index in [1.54, 1.807) is 88.4 Å². The van der Waals surface area contributed by atoms with Gasteiger partial charge in [-0.15, -0.1) is 0 Å². The molecule has 0 aliphatic rings. The van der Waals surface area contributed by atoms with Crippen molar-refractivity contribution in [2.45, 2.75) is 135 Å². The van der Waals surface area contributed by atoms with E-state index in [0.717, 1.165) is 0 Å². The number of aromatic nitrogens is 2. The van der Waals surface area contributed by atoms with Crippen LogP contribution in [0.4, 0.5) is 0 Å². The molecule has 9 atom stereocenters. The average Bonchev–Trinajstić information content (AvgIpc) is 3.81. The van der Waals surface area contributed by atoms with Crippen LogP contribution >= 0.6 is 0 Å². The fourth-order valence-corrected chi connectivity index (χ4v) is 7.12. The van der Waals surface area contributed by atoms with Crippen molar-refractivity contribution in [3.05, 3.63) is 90.0 Å². The molecule has 0 bridgehead atoms. The first-order chi connectivity index (χ1) is 31.8. The zero-order valence-electron chi connectivity index (χ0n) is 39.0. The van der Waals surface area contributed by atoms with Crippen molar-refractivity contribution in [2.24, 2.45) is 17.6 Å². The van der Waals surface area contributed by atoms with Crippen molar-refractivity contribution in [3.8, 4) is 0 Å². The van der Waals surface area contributed by atoms with Crippen LogP contribution in [-0.2, 0) is 57.6 Å². The first-order valence-corrected chi connectivity index (χ1v) is 22.6. The van der Waals surface area contributed by atoms with Crippen LogP contribution in [0, 0.1) is 11.8 Å². The zero-order valence-corrected chi connectivity index (χ0v) is 39.0. The van der Waals surface area contributed by atoms with Crippen LogP contribution in [0.3, 0.4) is 0 Å². The molecular formula is C47H68N10O10. The number of carbonyl (C=O) groups excluding carboxylic acids is 7. The topological polar surface area (TPSA) is 316 Å². The molecule has 0 unspecified atom stereocenters. The number of H-pyrrole nitrogens is 1. The summed E-state index contributed by atoms with van der Waals surface area (Å²) in [6, 6.07) is 8.42. The van der Waals surface area contributed by atoms with E-state index in [2.05, 4.69) is 47.2 Å². The molecule has 1 heterocycles. The molecule has 0 saturated heterocycles. The summed E-state index contributed by atoms with van der Waals surface area (Å²) < 4.78 is 0. The number of aliphatic hydroxyl groups is 1. The first kappa shape index (κ1) is 54.7. The van der Waals surface area contributed by atoms with Gasteiger partial charge in [0.15, 0.2) is 0 Å². The molecule has 366 valence electrons. The van der Waals surface area contributed by atoms with Crippen molar-refractivity contribution >= 4 is 47.3 Å². The van der Waals surface area contributed by atoms with Crippen molar-refractivity contribution in [1.29, 1.82) is 0 Å². The van der Waals surface area contributed by atoms with Crippen molar-refractivity contribution in [3.63, 3.8) is 0 Å². The van der Waals surface area contributed by atoms with Crippen LogP contribution in [0.25, 0.3) is 0 Å². The molecule has 67 heavy (non-hydrogen) atoms. The summed E-state index contributed by atoms with van der Waals surface area (Å²) in [5.41, 5.74) is 7.52. The molecule has 2 aromatic carbocycles. The summed E-state index contributed by atoms with van der Waals surface area (Å²) in [5, 5.41) is 38.8. The van der Waals surface area contributed by atoms with Crippen LogP contribution in [0.5, 0.6) is 0 Å². The quantitative estimate of drug-likeness (QED) is 0.0434. The molecule has 20 heteroatoms. The third-order valence-corrected chi connectivity index (χ3v) is 11.2. The number of unbranched alkanes of at least 4 members (excludes halogenated alkanes) is 1. The van der Waals surface area contributed by atoms with Gasteiger partial charge in [0, 0.05) is 38.1 Å². The lowest BCUT2D eigenvalue weighted by atomic mass is 9.98. The van der Waals surface area contributed by atoms with Crippen LogP contribution in [0.15, 0.2) is 73.2 Å². The van der Waals surface area contributed by atoms with Crippen molar-refractivity contribution in [1.82, 2.24) is 47.2 Å². The zero-order chi connectivity index (χ0) is 49.6. The number of nitrogens with two attached hydrogens (primary N) is 1. The van der Waals surface area contributed by atoms with Crippen LogP contribution < -0.4 is 43.0 Å². The summed E-state index contributed by atoms with van der Waals surface area (Å²) in [6.45, 7) is 9.66. The predicted octanol–water partition coefficient (Wildman–Crippen LogP) is 0.148. The van der Waals surface area contributed by atoms with E-state index >= 15 is 0 Å². The van der Waals surface area contributed by atoms with Crippen LogP contribution in [-0.4, -0.2) is 122 Å². The fourth-order valence-electron chi connectivity index (χ4n) is 7.12. The summed E-state index contributed by atoms with van der Waals surface area (Å²) in [7, 11) is 0. The molecule has 3 rings (SSSR count). The van der Waals surface area contributed by atoms with Gasteiger partial charge in [0.05, 0.1) is 12.4 Å². The number of imidazole rings is 1. The molecule has 3 aromatic rings. The molecule has 12 N–H and O–H groups in total. The van der Waals surface area contributed by atoms with Gasteiger partial charge in [-0.1, -0.05) is 94.8 Å². The van der Waals surface area contributed by atoms with Crippen LogP contribution in [0.2, 0.25) is 0 Å². The van der Waals surface area contributed by atoms with Gasteiger partial charge in [0.1, 0.15) is 42.3 Å². The second kappa shape index (κ2) is 27.7. The SMILES string of the molecule is CC[C@H](C)[C@H](NC(=O)[C@@H](NC(=O)[C@H](CCCCN)NC(=O)[C@H](Cc1ccccc1)NC(=O)[C@H](Cc1ccccc1)NC(=O)[C@H](Cc1cnc[nH]1)NC(=O)[C@@H](NC(C)=O)C(C)C)[C@@H](C)O)C(=O)O. The van der Waals surface area contributed by atoms with Crippen molar-refractivity contribution < 1.29 is 48.6 Å². The lowest BCUT2D eigenvalue weighted by molar-refractivity contribution is -0.144. The number of carbonyl (C=O) groups is 8. The number of nitrogens with zero attached hydrogens (tertiary/aromatic N) is 1. The minimum Gasteiger partial charge on any atom is -0.480 e. The van der Waals surface area contributed by atoms with E-state index in [1.807, 2.05) is 0 Å². The number of hydrogen-bond donors (Lipinski definition) is 11. The maximum Gasteiger partial charge on any atom is 0.326 e. The molecule has 7 amide bonds. The number of carboxylic acids is 1. The predicted molar refractivity (Wildman–Crippen MR) is 248 cm³/mol. The lowest BCUT2D eigenvalue weighted by Gasteiger charge is -2.29. The number of hydrogen-bond acceptors (Lipinski definition) is 11. The number of aliphatic hydroxyl groups excluding tert-OH is 1. The first-order valence-electron chi connectivity index (χ1n) is 22.6. The van der Waals surface area contributed by atoms with Gasteiger partial charge < -0.3 is 58.1 Å². The number of nitrogens with one attached hydrogen (secondary N) is 8. The highest BCUT2D eigenvalue weighted by atomic mass is 16.4. The average molecular weight is 933 g/mol. The lowest BCUT2D eigenvalue weighted by Crippen LogP contribution is -2.62. The molecule has 0 radical (unpaired) electrons. The summed E-state index contributed by atoms with van der Waals surface area (Å²) in [4.78, 5) is 115. The molecular weight excluding hydrogens is 865 g/mol. The Balaban J connectivity index is 1.98. The van der Waals surface area contributed by atoms with Gasteiger partial charge in [0.2, 0.25) is 41.4 Å². The van der Waals surface area contributed by atoms with E-state index in [4.69, 9.17) is 5.73 Å². The standard InChI is InChI=1S/C47H68N10O10/c1-7-28(4)39(47(66)67)56-46(65)40(29(5)58)57-41(60)34(20-14-15-21-48)52-42(61)35(22-31-16-10-8-11-17-31)53-43(62)36(23-32-18-12-9-13-19-32)54-44(63)37(24-33-25-49-26-50-33)55-45(64)38(27(2)3)51-30(6)59/h8-13,16-19,25-29,34-40,58H,7,14-15,20-24,48H2,1-6H3,(H,49,50)(H,51,59)(H,52,61)(H,53,62)(H,54,63)(H,55,64)(H,56,65)(H,57,60)(H,66,67)/t28-,29+,34-,35-,36-,37-,38-,39-,40-/m0/s1. The normalized spacial score (nSPS) is 15.2. The van der Waals surface area contributed by atoms with Gasteiger partial charge in [-0.2, -0.15) is 0 Å². The second-order valence-corrected chi connectivity index (χ2v) is 17.0. The van der Waals surface area contributed by atoms with Gasteiger partial charge >= 0.3 is 5.97 Å². The highest BCUT2D eigenvalue weighted by molar-refractivity contribution is 5.97. The Morgan fingerprint density at radius 1 is 0.612 bits per heavy atom. The van der Waals surface area contributed by atoms with E-state index in [9.17, 15) is 48.6 Å². The van der Waals surface area contributed by atoms with Crippen molar-refractivity contribution in [2.75, 3.05) is 6.54 Å². The molecule has 20 nitrogen and oxygen atoms in total. The molecule has 0 saturated carbocycles. The molecule has 1 aromatic heterocycles. The fraction of sp³-hybridized carbons (Fsp3) is 0.511. The molecule has 0 aliphatic carbocycles. The highest BCUT2D eigenvalue weighted by Crippen LogP contribution is 2.13. The monoisotopic (exact) mass is 933 g/mol. The minimum atomic E-state index is -1.60. The van der Waals surface area contributed by atoms with E-state index in [1.165, 1.54) is 26.4 Å². The number of rotatable bonds is 28. The Morgan fingerprint density at radius 2 is 1.07 bits per heavy atom. The summed E-state index contributed by atoms with van der Waals surface area (Å²) >= 11 is 0. The van der Waals surface area contributed by atoms with E-state index < -0.39 is 102 Å². The number of amides is 7. The Kier molecular flexibility index (Phi) is 22.6. The summed E-state index contributed by atoms with van der Waals surface area (Å²) in [6.07, 6.45) is 2.52. The van der Waals surface area contributed by atoms with Gasteiger partial charge in [-0.3, -0.25) is 33.6 Å². The number of carboxylic acid groups (broad SMARTS) is 1. The smallest absolute Gasteiger partial charge is 0.326 e. The number of aromatic amines is 1. The van der Waals surface area contributed by atoms with Gasteiger partial charge in [0.25, 0.3) is 0 Å². The summed E-state index contributed by atoms with van der Waals surface area (Å²) in [5.74, 6) is -7.31. The molecule has 0 spiro atoms. The molecule has 0 fully saturated rings. The number of aliphatic carboxylic acids is 1. The Labute approximate surface area is 391 Å². The van der Waals surface area contributed by atoms with Gasteiger partial charge in [-0.25, -0.2) is 9.78 Å².